The molecule has 2 rings (SSSR count). The van der Waals surface area contributed by atoms with E-state index in [-0.39, 0.29) is 26.2 Å². The highest BCUT2D eigenvalue weighted by Crippen LogP contribution is 2.23. The van der Waals surface area contributed by atoms with Crippen molar-refractivity contribution >= 4 is 12.1 Å². The van der Waals surface area contributed by atoms with Crippen molar-refractivity contribution in [3.63, 3.8) is 0 Å². The third-order valence-corrected chi connectivity index (χ3v) is 4.63. The number of hydrogen-bond acceptors (Lipinski definition) is 8. The van der Waals surface area contributed by atoms with E-state index < -0.39 is 36.1 Å². The molecule has 29 heavy (non-hydrogen) atoms. The van der Waals surface area contributed by atoms with Gasteiger partial charge in [0.05, 0.1) is 13.2 Å². The van der Waals surface area contributed by atoms with Gasteiger partial charge in [-0.2, -0.15) is 0 Å². The highest BCUT2D eigenvalue weighted by molar-refractivity contribution is 5.73. The van der Waals surface area contributed by atoms with Gasteiger partial charge in [-0.3, -0.25) is 10.1 Å². The standard InChI is InChI=1S/C19H28N2O8/c22-15-11-29-19(27,16(15)23)12-21-14(17(24)25)8-4-5-9-20-18(26)28-10-13-6-2-1-3-7-13/h1-3,6-7,14-16,21-23,27H,4-5,8-12H2,(H,20,26)(H,24,25). The molecule has 0 aliphatic carbocycles. The monoisotopic (exact) mass is 412 g/mol. The molecular weight excluding hydrogens is 384 g/mol. The number of hydrogen-bond donors (Lipinski definition) is 6. The SMILES string of the molecule is O=C(NCCCCC(NCC1(O)OCC(O)C1O)C(=O)O)OCc1ccccc1. The molecule has 1 aliphatic heterocycles. The molecule has 1 saturated heterocycles. The van der Waals surface area contributed by atoms with Crippen molar-refractivity contribution in [2.75, 3.05) is 19.7 Å². The first kappa shape index (κ1) is 23.0. The summed E-state index contributed by atoms with van der Waals surface area (Å²) in [7, 11) is 0. The molecule has 4 atom stereocenters. The second-order valence-corrected chi connectivity index (χ2v) is 6.92. The minimum absolute atomic E-state index is 0.170. The zero-order valence-corrected chi connectivity index (χ0v) is 16.0. The molecule has 1 aliphatic rings. The van der Waals surface area contributed by atoms with Crippen LogP contribution in [0.5, 0.6) is 0 Å². The summed E-state index contributed by atoms with van der Waals surface area (Å²) >= 11 is 0. The molecule has 1 heterocycles. The number of alkyl carbamates (subject to hydrolysis) is 1. The Kier molecular flexibility index (Phi) is 8.80. The third-order valence-electron chi connectivity index (χ3n) is 4.63. The molecule has 1 amide bonds. The Morgan fingerprint density at radius 3 is 2.59 bits per heavy atom. The van der Waals surface area contributed by atoms with E-state index in [1.165, 1.54) is 0 Å². The van der Waals surface area contributed by atoms with Crippen molar-refractivity contribution in [1.82, 2.24) is 10.6 Å². The largest absolute Gasteiger partial charge is 0.480 e. The van der Waals surface area contributed by atoms with E-state index in [0.717, 1.165) is 5.56 Å². The van der Waals surface area contributed by atoms with Gasteiger partial charge in [0.15, 0.2) is 0 Å². The second-order valence-electron chi connectivity index (χ2n) is 6.92. The average molecular weight is 412 g/mol. The van der Waals surface area contributed by atoms with Crippen LogP contribution in [0.15, 0.2) is 30.3 Å². The van der Waals surface area contributed by atoms with Gasteiger partial charge in [0.2, 0.25) is 5.79 Å². The van der Waals surface area contributed by atoms with Gasteiger partial charge in [0.25, 0.3) is 0 Å². The van der Waals surface area contributed by atoms with Crippen molar-refractivity contribution in [1.29, 1.82) is 0 Å². The maximum atomic E-state index is 11.6. The number of benzene rings is 1. The number of nitrogens with one attached hydrogen (secondary N) is 2. The molecule has 0 radical (unpaired) electrons. The number of aliphatic hydroxyl groups is 3. The van der Waals surface area contributed by atoms with Crippen LogP contribution in [0.2, 0.25) is 0 Å². The number of ether oxygens (including phenoxy) is 2. The second kappa shape index (κ2) is 11.1. The fraction of sp³-hybridized carbons (Fsp3) is 0.579. The van der Waals surface area contributed by atoms with Gasteiger partial charge in [-0.05, 0) is 24.8 Å². The van der Waals surface area contributed by atoms with E-state index in [1.54, 1.807) is 0 Å². The van der Waals surface area contributed by atoms with E-state index in [2.05, 4.69) is 10.6 Å². The quantitative estimate of drug-likeness (QED) is 0.265. The lowest BCUT2D eigenvalue weighted by Crippen LogP contribution is -2.53. The topological polar surface area (TPSA) is 158 Å². The zero-order valence-electron chi connectivity index (χ0n) is 16.0. The smallest absolute Gasteiger partial charge is 0.407 e. The lowest BCUT2D eigenvalue weighted by atomic mass is 10.1. The van der Waals surface area contributed by atoms with Crippen LogP contribution in [0.1, 0.15) is 24.8 Å². The predicted molar refractivity (Wildman–Crippen MR) is 101 cm³/mol. The Morgan fingerprint density at radius 1 is 1.24 bits per heavy atom. The number of carboxylic acid groups (broad SMARTS) is 1. The highest BCUT2D eigenvalue weighted by Gasteiger charge is 2.47. The van der Waals surface area contributed by atoms with Gasteiger partial charge in [-0.25, -0.2) is 4.79 Å². The molecule has 0 spiro atoms. The normalized spacial score (nSPS) is 24.8. The zero-order chi connectivity index (χ0) is 21.3. The van der Waals surface area contributed by atoms with Gasteiger partial charge in [0, 0.05) is 6.54 Å². The summed E-state index contributed by atoms with van der Waals surface area (Å²) in [4.78, 5) is 23.0. The molecule has 1 aromatic carbocycles. The minimum Gasteiger partial charge on any atom is -0.480 e. The Balaban J connectivity index is 1.61. The highest BCUT2D eigenvalue weighted by atomic mass is 16.7. The summed E-state index contributed by atoms with van der Waals surface area (Å²) in [6, 6.07) is 8.29. The Bertz CT molecular complexity index is 659. The third kappa shape index (κ3) is 7.26. The number of aliphatic carboxylic acids is 1. The summed E-state index contributed by atoms with van der Waals surface area (Å²) in [5, 5.41) is 43.8. The summed E-state index contributed by atoms with van der Waals surface area (Å²) in [6.07, 6.45) is -2.02. The molecule has 4 unspecified atom stereocenters. The fourth-order valence-electron chi connectivity index (χ4n) is 2.88. The first-order valence-corrected chi connectivity index (χ1v) is 9.45. The van der Waals surface area contributed by atoms with E-state index in [4.69, 9.17) is 9.47 Å². The van der Waals surface area contributed by atoms with Crippen molar-refractivity contribution in [2.45, 2.75) is 49.9 Å². The van der Waals surface area contributed by atoms with Crippen LogP contribution in [0.3, 0.4) is 0 Å². The summed E-state index contributed by atoms with van der Waals surface area (Å²) in [5.41, 5.74) is 0.878. The molecule has 10 nitrogen and oxygen atoms in total. The van der Waals surface area contributed by atoms with Crippen LogP contribution < -0.4 is 10.6 Å². The van der Waals surface area contributed by atoms with Crippen molar-refractivity contribution in [3.05, 3.63) is 35.9 Å². The van der Waals surface area contributed by atoms with Crippen molar-refractivity contribution < 1.29 is 39.5 Å². The Labute approximate surface area is 168 Å². The maximum absolute atomic E-state index is 11.6. The van der Waals surface area contributed by atoms with E-state index in [0.29, 0.717) is 19.4 Å². The first-order chi connectivity index (χ1) is 13.8. The average Bonchev–Trinajstić information content (AvgIpc) is 2.96. The summed E-state index contributed by atoms with van der Waals surface area (Å²) in [5.74, 6) is -3.14. The van der Waals surface area contributed by atoms with Gasteiger partial charge >= 0.3 is 12.1 Å². The van der Waals surface area contributed by atoms with Crippen LogP contribution in [0.4, 0.5) is 4.79 Å². The molecule has 0 bridgehead atoms. The molecule has 1 fully saturated rings. The van der Waals surface area contributed by atoms with Crippen LogP contribution in [-0.4, -0.2) is 76.2 Å². The van der Waals surface area contributed by atoms with E-state index in [1.807, 2.05) is 30.3 Å². The number of unbranched alkanes of at least 4 members (excludes halogenated alkanes) is 1. The number of carbonyl (C=O) groups excluding carboxylic acids is 1. The first-order valence-electron chi connectivity index (χ1n) is 9.45. The number of carbonyl (C=O) groups is 2. The van der Waals surface area contributed by atoms with Crippen LogP contribution in [0, 0.1) is 0 Å². The van der Waals surface area contributed by atoms with E-state index >= 15 is 0 Å². The van der Waals surface area contributed by atoms with Crippen LogP contribution in [-0.2, 0) is 20.9 Å². The number of amides is 1. The predicted octanol–water partition coefficient (Wildman–Crippen LogP) is -0.433. The molecule has 6 N–H and O–H groups in total. The van der Waals surface area contributed by atoms with Gasteiger partial charge in [-0.1, -0.05) is 30.3 Å². The Morgan fingerprint density at radius 2 is 1.97 bits per heavy atom. The van der Waals surface area contributed by atoms with Crippen LogP contribution >= 0.6 is 0 Å². The maximum Gasteiger partial charge on any atom is 0.407 e. The van der Waals surface area contributed by atoms with Gasteiger partial charge in [-0.15, -0.1) is 0 Å². The molecule has 0 saturated carbocycles. The minimum atomic E-state index is -2.03. The molecule has 162 valence electrons. The number of aliphatic hydroxyl groups excluding tert-OH is 2. The number of rotatable bonds is 11. The Hall–Kier alpha value is -2.24. The van der Waals surface area contributed by atoms with Crippen molar-refractivity contribution in [3.8, 4) is 0 Å². The lowest BCUT2D eigenvalue weighted by molar-refractivity contribution is -0.212. The lowest BCUT2D eigenvalue weighted by Gasteiger charge is -2.27. The van der Waals surface area contributed by atoms with Gasteiger partial charge < -0.3 is 35.2 Å². The number of carboxylic acids is 1. The van der Waals surface area contributed by atoms with E-state index in [9.17, 15) is 30.0 Å². The van der Waals surface area contributed by atoms with Gasteiger partial charge in [0.1, 0.15) is 24.9 Å². The molecular formula is C19H28N2O8. The molecule has 10 heteroatoms. The van der Waals surface area contributed by atoms with Crippen molar-refractivity contribution in [2.24, 2.45) is 0 Å². The van der Waals surface area contributed by atoms with Crippen LogP contribution in [0.25, 0.3) is 0 Å². The molecule has 0 aromatic heterocycles. The summed E-state index contributed by atoms with van der Waals surface area (Å²) < 4.78 is 10.0. The molecule has 1 aromatic rings. The summed E-state index contributed by atoms with van der Waals surface area (Å²) in [6.45, 7) is -0.0729. The fourth-order valence-corrected chi connectivity index (χ4v) is 2.88.